The van der Waals surface area contributed by atoms with Gasteiger partial charge in [-0.1, -0.05) is 0 Å². The number of halogens is 1. The Hall–Kier alpha value is -1.82. The fourth-order valence-electron chi connectivity index (χ4n) is 3.32. The van der Waals surface area contributed by atoms with Crippen molar-refractivity contribution >= 4 is 5.91 Å². The first-order chi connectivity index (χ1) is 10.8. The van der Waals surface area contributed by atoms with E-state index in [1.807, 2.05) is 6.92 Å². The van der Waals surface area contributed by atoms with Gasteiger partial charge in [0.2, 0.25) is 0 Å². The average Bonchev–Trinajstić information content (AvgIpc) is 2.82. The maximum absolute atomic E-state index is 14.6. The largest absolute Gasteiger partial charge is 0.488 e. The Morgan fingerprint density at radius 3 is 2.83 bits per heavy atom. The van der Waals surface area contributed by atoms with Crippen LogP contribution >= 0.6 is 0 Å². The van der Waals surface area contributed by atoms with Crippen molar-refractivity contribution in [3.63, 3.8) is 0 Å². The van der Waals surface area contributed by atoms with E-state index < -0.39 is 11.9 Å². The van der Waals surface area contributed by atoms with E-state index >= 15 is 0 Å². The lowest BCUT2D eigenvalue weighted by Crippen LogP contribution is -2.41. The van der Waals surface area contributed by atoms with Crippen LogP contribution in [0.15, 0.2) is 6.07 Å². The minimum Gasteiger partial charge on any atom is -0.488 e. The summed E-state index contributed by atoms with van der Waals surface area (Å²) in [4.78, 5) is 14.5. The topological polar surface area (TPSA) is 59.0 Å². The number of aliphatic hydroxyl groups excluding tert-OH is 1. The van der Waals surface area contributed by atoms with E-state index in [2.05, 4.69) is 0 Å². The number of aliphatic hydroxyl groups is 1. The molecule has 1 N–H and O–H groups in total. The van der Waals surface area contributed by atoms with Crippen LogP contribution in [0.25, 0.3) is 0 Å². The van der Waals surface area contributed by atoms with Gasteiger partial charge in [0, 0.05) is 6.54 Å². The quantitative estimate of drug-likeness (QED) is 0.907. The van der Waals surface area contributed by atoms with Crippen molar-refractivity contribution < 1.29 is 23.8 Å². The smallest absolute Gasteiger partial charge is 0.262 e. The lowest BCUT2D eigenvalue weighted by atomic mass is 10.1. The van der Waals surface area contributed by atoms with Crippen molar-refractivity contribution in [3.8, 4) is 11.5 Å². The van der Waals surface area contributed by atoms with Gasteiger partial charge in [-0.3, -0.25) is 4.79 Å². The normalized spacial score (nSPS) is 26.7. The molecular weight excluding hydrogens is 301 g/mol. The summed E-state index contributed by atoms with van der Waals surface area (Å²) in [5, 5.41) is 9.89. The van der Waals surface area contributed by atoms with Crippen LogP contribution in [0.2, 0.25) is 0 Å². The molecule has 2 heterocycles. The first kappa shape index (κ1) is 16.1. The molecule has 3 rings (SSSR count). The number of hydrogen-bond acceptors (Lipinski definition) is 4. The molecule has 0 bridgehead atoms. The van der Waals surface area contributed by atoms with E-state index in [0.717, 1.165) is 0 Å². The summed E-state index contributed by atoms with van der Waals surface area (Å²) in [6.07, 6.45) is -0.679. The minimum atomic E-state index is -0.582. The van der Waals surface area contributed by atoms with Crippen LogP contribution in [-0.2, 0) is 0 Å². The van der Waals surface area contributed by atoms with E-state index in [0.29, 0.717) is 17.7 Å². The number of carbonyl (C=O) groups excluding carboxylic acids is 1. The Morgan fingerprint density at radius 1 is 1.48 bits per heavy atom. The number of benzene rings is 1. The zero-order valence-corrected chi connectivity index (χ0v) is 13.8. The number of nitrogens with zero attached hydrogens (tertiary/aromatic N) is 1. The summed E-state index contributed by atoms with van der Waals surface area (Å²) < 4.78 is 26.1. The monoisotopic (exact) mass is 323 g/mol. The van der Waals surface area contributed by atoms with Gasteiger partial charge in [-0.05, 0) is 45.7 Å². The van der Waals surface area contributed by atoms with Gasteiger partial charge < -0.3 is 19.5 Å². The third kappa shape index (κ3) is 2.65. The molecule has 0 saturated carbocycles. The van der Waals surface area contributed by atoms with E-state index in [9.17, 15) is 14.3 Å². The van der Waals surface area contributed by atoms with Crippen molar-refractivity contribution in [1.29, 1.82) is 0 Å². The number of aryl methyl sites for hydroxylation is 1. The van der Waals surface area contributed by atoms with Crippen LogP contribution in [0.4, 0.5) is 4.39 Å². The molecule has 0 radical (unpaired) electrons. The van der Waals surface area contributed by atoms with E-state index in [4.69, 9.17) is 9.47 Å². The molecule has 6 heteroatoms. The second-order valence-electron chi connectivity index (χ2n) is 6.61. The Morgan fingerprint density at radius 2 is 2.17 bits per heavy atom. The Kier molecular flexibility index (Phi) is 3.96. The summed E-state index contributed by atoms with van der Waals surface area (Å²) in [7, 11) is 0. The number of carbonyl (C=O) groups is 1. The lowest BCUT2D eigenvalue weighted by molar-refractivity contribution is 0.0644. The van der Waals surface area contributed by atoms with Crippen LogP contribution in [0.1, 0.15) is 43.1 Å². The molecule has 5 nitrogen and oxygen atoms in total. The van der Waals surface area contributed by atoms with Crippen LogP contribution < -0.4 is 9.47 Å². The highest BCUT2D eigenvalue weighted by molar-refractivity contribution is 6.00. The fraction of sp³-hybridized carbons (Fsp3) is 0.588. The molecule has 1 aromatic rings. The molecule has 0 aromatic heterocycles. The van der Waals surface area contributed by atoms with Crippen LogP contribution in [0.5, 0.6) is 11.5 Å². The van der Waals surface area contributed by atoms with Crippen molar-refractivity contribution in [3.05, 3.63) is 23.0 Å². The zero-order chi connectivity index (χ0) is 16.9. The molecule has 1 amide bonds. The van der Waals surface area contributed by atoms with Crippen molar-refractivity contribution in [1.82, 2.24) is 4.90 Å². The van der Waals surface area contributed by atoms with Crippen LogP contribution in [-0.4, -0.2) is 46.8 Å². The molecule has 2 aliphatic rings. The first-order valence-corrected chi connectivity index (χ1v) is 7.95. The highest BCUT2D eigenvalue weighted by Gasteiger charge is 2.44. The molecule has 2 aliphatic heterocycles. The summed E-state index contributed by atoms with van der Waals surface area (Å²) in [6, 6.07) is 1.32. The fourth-order valence-corrected chi connectivity index (χ4v) is 3.32. The first-order valence-electron chi connectivity index (χ1n) is 7.95. The number of hydrogen-bond donors (Lipinski definition) is 1. The van der Waals surface area contributed by atoms with Crippen molar-refractivity contribution in [2.45, 2.75) is 58.5 Å². The van der Waals surface area contributed by atoms with Crippen LogP contribution in [0.3, 0.4) is 0 Å². The molecule has 0 spiro atoms. The third-order valence-corrected chi connectivity index (χ3v) is 4.37. The highest BCUT2D eigenvalue weighted by atomic mass is 19.1. The van der Waals surface area contributed by atoms with Crippen LogP contribution in [0, 0.1) is 12.7 Å². The van der Waals surface area contributed by atoms with Gasteiger partial charge in [0.1, 0.15) is 17.4 Å². The molecule has 0 unspecified atom stereocenters. The summed E-state index contributed by atoms with van der Waals surface area (Å²) in [6.45, 7) is 7.27. The number of fused-ring (bicyclic) bond motifs is 2. The number of rotatable bonds is 2. The maximum atomic E-state index is 14.6. The summed E-state index contributed by atoms with van der Waals surface area (Å²) >= 11 is 0. The lowest BCUT2D eigenvalue weighted by Gasteiger charge is -2.25. The van der Waals surface area contributed by atoms with Gasteiger partial charge in [-0.15, -0.1) is 0 Å². The number of ether oxygens (including phenoxy) is 2. The van der Waals surface area contributed by atoms with Gasteiger partial charge in [0.05, 0.1) is 18.2 Å². The standard InChI is InChI=1S/C17H22FNO4/c1-8(2)22-16-14-13(5-9(3)15(16)18)23-10(4)12-6-11(20)7-19(12)17(14)21/h5,8,10-12,20H,6-7H2,1-4H3/t10-,11+,12+/m0/s1. The summed E-state index contributed by atoms with van der Waals surface area (Å²) in [5.41, 5.74) is 0.492. The van der Waals surface area contributed by atoms with Crippen molar-refractivity contribution in [2.75, 3.05) is 6.54 Å². The second kappa shape index (κ2) is 5.67. The molecular formula is C17H22FNO4. The van der Waals surface area contributed by atoms with Crippen molar-refractivity contribution in [2.24, 2.45) is 0 Å². The number of amides is 1. The molecule has 3 atom stereocenters. The summed E-state index contributed by atoms with van der Waals surface area (Å²) in [5.74, 6) is -0.601. The molecule has 126 valence electrons. The SMILES string of the molecule is Cc1cc2c(c(OC(C)C)c1F)C(=O)N1C[C@H](O)C[C@@H]1[C@H](C)O2. The highest BCUT2D eigenvalue weighted by Crippen LogP contribution is 2.40. The molecule has 0 aliphatic carbocycles. The Bertz CT molecular complexity index is 646. The van der Waals surface area contributed by atoms with Gasteiger partial charge in [0.25, 0.3) is 5.91 Å². The van der Waals surface area contributed by atoms with Gasteiger partial charge in [-0.2, -0.15) is 0 Å². The molecule has 23 heavy (non-hydrogen) atoms. The predicted octanol–water partition coefficient (Wildman–Crippen LogP) is 2.28. The molecule has 1 saturated heterocycles. The van der Waals surface area contributed by atoms with E-state index in [-0.39, 0.29) is 42.0 Å². The predicted molar refractivity (Wildman–Crippen MR) is 82.4 cm³/mol. The molecule has 1 fully saturated rings. The Labute approximate surface area is 135 Å². The van der Waals surface area contributed by atoms with Gasteiger partial charge in [0.15, 0.2) is 11.6 Å². The van der Waals surface area contributed by atoms with Gasteiger partial charge in [-0.25, -0.2) is 4.39 Å². The Balaban J connectivity index is 2.16. The zero-order valence-electron chi connectivity index (χ0n) is 13.8. The minimum absolute atomic E-state index is 0.0609. The average molecular weight is 323 g/mol. The maximum Gasteiger partial charge on any atom is 0.262 e. The van der Waals surface area contributed by atoms with Gasteiger partial charge >= 0.3 is 0 Å². The van der Waals surface area contributed by atoms with E-state index in [1.54, 1.807) is 31.7 Å². The van der Waals surface area contributed by atoms with E-state index in [1.165, 1.54) is 0 Å². The third-order valence-electron chi connectivity index (χ3n) is 4.37. The second-order valence-corrected chi connectivity index (χ2v) is 6.61. The molecule has 1 aromatic carbocycles.